The highest BCUT2D eigenvalue weighted by Crippen LogP contribution is 2.17. The molecule has 0 radical (unpaired) electrons. The molecule has 1 saturated heterocycles. The molecule has 0 N–H and O–H groups in total. The van der Waals surface area contributed by atoms with E-state index < -0.39 is 0 Å². The number of hydrogen-bond donors (Lipinski definition) is 0. The van der Waals surface area contributed by atoms with E-state index in [2.05, 4.69) is 51.8 Å². The number of benzene rings is 1. The molecule has 2 heteroatoms. The van der Waals surface area contributed by atoms with Gasteiger partial charge < -0.3 is 9.64 Å². The van der Waals surface area contributed by atoms with E-state index in [4.69, 9.17) is 4.74 Å². The predicted octanol–water partition coefficient (Wildman–Crippen LogP) is 4.77. The third-order valence-electron chi connectivity index (χ3n) is 2.67. The maximum Gasteiger partial charge on any atom is 0.119 e. The lowest BCUT2D eigenvalue weighted by molar-refractivity contribution is 0.208. The van der Waals surface area contributed by atoms with Gasteiger partial charge in [0, 0.05) is 13.1 Å². The molecule has 1 atom stereocenters. The maximum absolute atomic E-state index is 5.86. The summed E-state index contributed by atoms with van der Waals surface area (Å²) < 4.78 is 5.86. The number of rotatable bonds is 2. The average Bonchev–Trinajstić information content (AvgIpc) is 2.80. The van der Waals surface area contributed by atoms with E-state index in [1.54, 1.807) is 0 Å². The molecule has 0 bridgehead atoms. The molecule has 116 valence electrons. The van der Waals surface area contributed by atoms with Crippen molar-refractivity contribution in [3.63, 3.8) is 0 Å². The molecule has 2 rings (SSSR count). The van der Waals surface area contributed by atoms with Crippen molar-refractivity contribution in [2.75, 3.05) is 20.1 Å². The van der Waals surface area contributed by atoms with Crippen LogP contribution in [0.5, 0.6) is 5.75 Å². The monoisotopic (exact) mass is 279 g/mol. The molecule has 1 aliphatic heterocycles. The molecule has 2 nitrogen and oxygen atoms in total. The molecular formula is C18H33NO. The van der Waals surface area contributed by atoms with Gasteiger partial charge in [0.25, 0.3) is 0 Å². The molecule has 20 heavy (non-hydrogen) atoms. The minimum absolute atomic E-state index is 0.378. The number of likely N-dealkylation sites (tertiary alicyclic amines) is 1. The second-order valence-corrected chi connectivity index (χ2v) is 5.84. The van der Waals surface area contributed by atoms with E-state index in [0.29, 0.717) is 6.10 Å². The molecule has 0 aliphatic carbocycles. The Kier molecular flexibility index (Phi) is 10.2. The summed E-state index contributed by atoms with van der Waals surface area (Å²) in [5.74, 6) is 1.83. The van der Waals surface area contributed by atoms with Gasteiger partial charge >= 0.3 is 0 Å². The molecule has 1 heterocycles. The molecule has 1 aromatic rings. The third kappa shape index (κ3) is 8.98. The Morgan fingerprint density at radius 3 is 2.00 bits per heavy atom. The van der Waals surface area contributed by atoms with Crippen LogP contribution >= 0.6 is 0 Å². The fraction of sp³-hybridized carbons (Fsp3) is 0.667. The van der Waals surface area contributed by atoms with Crippen molar-refractivity contribution < 1.29 is 4.74 Å². The third-order valence-corrected chi connectivity index (χ3v) is 2.67. The van der Waals surface area contributed by atoms with Crippen LogP contribution in [0, 0.1) is 12.8 Å². The van der Waals surface area contributed by atoms with Crippen molar-refractivity contribution >= 4 is 0 Å². The van der Waals surface area contributed by atoms with Gasteiger partial charge in [-0.15, -0.1) is 0 Å². The van der Waals surface area contributed by atoms with Crippen molar-refractivity contribution in [2.45, 2.75) is 54.1 Å². The fourth-order valence-electron chi connectivity index (χ4n) is 1.80. The van der Waals surface area contributed by atoms with E-state index in [1.807, 2.05) is 26.0 Å². The minimum Gasteiger partial charge on any atom is -0.489 e. The number of likely N-dealkylation sites (N-methyl/N-ethyl adjacent to an activating group) is 1. The van der Waals surface area contributed by atoms with Crippen LogP contribution in [0.4, 0.5) is 0 Å². The van der Waals surface area contributed by atoms with Crippen LogP contribution in [0.15, 0.2) is 24.3 Å². The fourth-order valence-corrected chi connectivity index (χ4v) is 1.80. The summed E-state index contributed by atoms with van der Waals surface area (Å²) in [6.07, 6.45) is 1.52. The van der Waals surface area contributed by atoms with Crippen LogP contribution in [0.25, 0.3) is 0 Å². The van der Waals surface area contributed by atoms with Crippen molar-refractivity contribution in [3.8, 4) is 5.75 Å². The van der Waals surface area contributed by atoms with Gasteiger partial charge in [-0.2, -0.15) is 0 Å². The van der Waals surface area contributed by atoms with Gasteiger partial charge in [0.05, 0.1) is 0 Å². The van der Waals surface area contributed by atoms with Crippen LogP contribution in [0.1, 0.15) is 46.6 Å². The molecule has 1 unspecified atom stereocenters. The summed E-state index contributed by atoms with van der Waals surface area (Å²) >= 11 is 0. The average molecular weight is 279 g/mol. The van der Waals surface area contributed by atoms with E-state index in [9.17, 15) is 0 Å². The summed E-state index contributed by atoms with van der Waals surface area (Å²) in [5, 5.41) is 0. The lowest BCUT2D eigenvalue weighted by Gasteiger charge is -2.13. The lowest BCUT2D eigenvalue weighted by atomic mass is 10.2. The van der Waals surface area contributed by atoms with Crippen molar-refractivity contribution in [3.05, 3.63) is 29.8 Å². The van der Waals surface area contributed by atoms with Gasteiger partial charge in [-0.3, -0.25) is 0 Å². The highest BCUT2D eigenvalue weighted by molar-refractivity contribution is 5.26. The minimum atomic E-state index is 0.378. The van der Waals surface area contributed by atoms with Crippen LogP contribution in [-0.4, -0.2) is 31.1 Å². The summed E-state index contributed by atoms with van der Waals surface area (Å²) in [4.78, 5) is 2.30. The first-order valence-corrected chi connectivity index (χ1v) is 7.89. The molecule has 0 aromatic heterocycles. The number of aryl methyl sites for hydroxylation is 1. The van der Waals surface area contributed by atoms with Gasteiger partial charge in [0.2, 0.25) is 0 Å². The molecule has 1 aliphatic rings. The molecular weight excluding hydrogens is 246 g/mol. The number of ether oxygens (including phenoxy) is 1. The largest absolute Gasteiger partial charge is 0.489 e. The summed E-state index contributed by atoms with van der Waals surface area (Å²) in [6, 6.07) is 8.28. The van der Waals surface area contributed by atoms with E-state index in [-0.39, 0.29) is 0 Å². The van der Waals surface area contributed by atoms with Crippen LogP contribution < -0.4 is 4.74 Å². The Labute approximate surface area is 126 Å². The van der Waals surface area contributed by atoms with Crippen LogP contribution in [-0.2, 0) is 0 Å². The Morgan fingerprint density at radius 1 is 1.10 bits per heavy atom. The zero-order chi connectivity index (χ0) is 15.5. The van der Waals surface area contributed by atoms with Gasteiger partial charge in [0.15, 0.2) is 0 Å². The topological polar surface area (TPSA) is 12.5 Å². The first-order valence-electron chi connectivity index (χ1n) is 7.89. The maximum atomic E-state index is 5.86. The Bertz CT molecular complexity index is 329. The van der Waals surface area contributed by atoms with E-state index in [1.165, 1.54) is 5.56 Å². The SMILES string of the molecule is CC.CC(C)C.Cc1ccc(OC2CCN(C)C2)cc1. The zero-order valence-electron chi connectivity index (χ0n) is 14.4. The Hall–Kier alpha value is -1.02. The first-order chi connectivity index (χ1) is 9.47. The van der Waals surface area contributed by atoms with E-state index in [0.717, 1.165) is 31.2 Å². The Balaban J connectivity index is 0.000000521. The second-order valence-electron chi connectivity index (χ2n) is 5.84. The first kappa shape index (κ1) is 19.0. The smallest absolute Gasteiger partial charge is 0.119 e. The highest BCUT2D eigenvalue weighted by atomic mass is 16.5. The van der Waals surface area contributed by atoms with Gasteiger partial charge in [-0.05, 0) is 38.4 Å². The molecule has 0 amide bonds. The number of hydrogen-bond acceptors (Lipinski definition) is 2. The number of nitrogens with zero attached hydrogens (tertiary/aromatic N) is 1. The zero-order valence-corrected chi connectivity index (χ0v) is 14.4. The van der Waals surface area contributed by atoms with Crippen molar-refractivity contribution in [1.82, 2.24) is 4.90 Å². The van der Waals surface area contributed by atoms with Crippen molar-refractivity contribution in [2.24, 2.45) is 5.92 Å². The second kappa shape index (κ2) is 10.7. The lowest BCUT2D eigenvalue weighted by Crippen LogP contribution is -2.21. The molecule has 1 fully saturated rings. The summed E-state index contributed by atoms with van der Waals surface area (Å²) in [6.45, 7) is 14.8. The molecule has 0 saturated carbocycles. The quantitative estimate of drug-likeness (QED) is 0.773. The highest BCUT2D eigenvalue weighted by Gasteiger charge is 2.20. The summed E-state index contributed by atoms with van der Waals surface area (Å²) in [5.41, 5.74) is 1.28. The van der Waals surface area contributed by atoms with Crippen LogP contribution in [0.2, 0.25) is 0 Å². The van der Waals surface area contributed by atoms with Gasteiger partial charge in [0.1, 0.15) is 11.9 Å². The predicted molar refractivity (Wildman–Crippen MR) is 89.6 cm³/mol. The standard InChI is InChI=1S/C12H17NO.C4H10.C2H6/c1-10-3-5-11(6-4-10)14-12-7-8-13(2)9-12;1-4(2)3;1-2/h3-6,12H,7-9H2,1-2H3;4H,1-3H3;1-2H3. The molecule has 0 spiro atoms. The summed E-state index contributed by atoms with van der Waals surface area (Å²) in [7, 11) is 2.14. The van der Waals surface area contributed by atoms with Crippen molar-refractivity contribution in [1.29, 1.82) is 0 Å². The van der Waals surface area contributed by atoms with Gasteiger partial charge in [-0.1, -0.05) is 52.3 Å². The Morgan fingerprint density at radius 2 is 1.60 bits per heavy atom. The molecule has 1 aromatic carbocycles. The normalized spacial score (nSPS) is 17.9. The van der Waals surface area contributed by atoms with Gasteiger partial charge in [-0.25, -0.2) is 0 Å². The van der Waals surface area contributed by atoms with Crippen LogP contribution in [0.3, 0.4) is 0 Å². The van der Waals surface area contributed by atoms with E-state index >= 15 is 0 Å².